The van der Waals surface area contributed by atoms with Gasteiger partial charge in [0.1, 0.15) is 0 Å². The fourth-order valence-electron chi connectivity index (χ4n) is 3.31. The Morgan fingerprint density at radius 3 is 2.62 bits per heavy atom. The van der Waals surface area contributed by atoms with Crippen LogP contribution < -0.4 is 0 Å². The minimum absolute atomic E-state index is 0.0462. The number of hydrogen-bond donors (Lipinski definition) is 0. The van der Waals surface area contributed by atoms with Crippen molar-refractivity contribution in [1.82, 2.24) is 4.90 Å². The van der Waals surface area contributed by atoms with E-state index in [1.165, 1.54) is 30.2 Å². The second kappa shape index (κ2) is 6.95. The molecule has 2 aromatic carbocycles. The molecule has 0 spiro atoms. The predicted molar refractivity (Wildman–Crippen MR) is 93.8 cm³/mol. The van der Waals surface area contributed by atoms with Crippen LogP contribution in [0, 0.1) is 17.0 Å². The number of rotatable bonds is 3. The van der Waals surface area contributed by atoms with Crippen molar-refractivity contribution in [3.8, 4) is 0 Å². The summed E-state index contributed by atoms with van der Waals surface area (Å²) in [5.41, 5.74) is 2.41. The molecule has 0 saturated heterocycles. The van der Waals surface area contributed by atoms with E-state index in [1.807, 2.05) is 24.3 Å². The second-order valence-electron chi connectivity index (χ2n) is 6.13. The van der Waals surface area contributed by atoms with Crippen molar-refractivity contribution in [2.75, 3.05) is 13.7 Å². The molecule has 0 radical (unpaired) electrons. The molecule has 0 fully saturated rings. The third-order valence-electron chi connectivity index (χ3n) is 4.61. The van der Waals surface area contributed by atoms with Gasteiger partial charge < -0.3 is 9.64 Å². The highest BCUT2D eigenvalue weighted by atomic mass is 16.6. The van der Waals surface area contributed by atoms with Gasteiger partial charge in [-0.15, -0.1) is 0 Å². The van der Waals surface area contributed by atoms with Crippen LogP contribution in [0.1, 0.15) is 33.1 Å². The fourth-order valence-corrected chi connectivity index (χ4v) is 3.31. The van der Waals surface area contributed by atoms with Gasteiger partial charge in [0.05, 0.1) is 12.0 Å². The number of benzene rings is 2. The van der Waals surface area contributed by atoms with E-state index in [4.69, 9.17) is 4.74 Å². The molecule has 1 atom stereocenters. The SMILES string of the molecule is COC(=O)[C@@H]1c2ccccc2CCN1C(=O)c1ccc([N+](=O)[O-])c(C)c1. The first-order valence-electron chi connectivity index (χ1n) is 8.15. The zero-order chi connectivity index (χ0) is 18.8. The Morgan fingerprint density at radius 2 is 1.96 bits per heavy atom. The largest absolute Gasteiger partial charge is 0.467 e. The zero-order valence-corrected chi connectivity index (χ0v) is 14.5. The summed E-state index contributed by atoms with van der Waals surface area (Å²) in [4.78, 5) is 37.4. The number of nitro benzene ring substituents is 1. The van der Waals surface area contributed by atoms with Crippen molar-refractivity contribution in [1.29, 1.82) is 0 Å². The van der Waals surface area contributed by atoms with Gasteiger partial charge in [-0.05, 0) is 36.6 Å². The highest BCUT2D eigenvalue weighted by molar-refractivity contribution is 5.98. The topological polar surface area (TPSA) is 89.8 Å². The van der Waals surface area contributed by atoms with E-state index in [2.05, 4.69) is 0 Å². The third kappa shape index (κ3) is 3.03. The highest BCUT2D eigenvalue weighted by Crippen LogP contribution is 2.32. The molecule has 7 heteroatoms. The molecule has 0 aliphatic carbocycles. The Hall–Kier alpha value is -3.22. The summed E-state index contributed by atoms with van der Waals surface area (Å²) in [6.07, 6.45) is 0.626. The van der Waals surface area contributed by atoms with Crippen LogP contribution in [-0.2, 0) is 16.0 Å². The molecule has 134 valence electrons. The molecule has 0 bridgehead atoms. The Labute approximate surface area is 150 Å². The van der Waals surface area contributed by atoms with Gasteiger partial charge in [0.25, 0.3) is 11.6 Å². The molecule has 1 amide bonds. The van der Waals surface area contributed by atoms with Crippen LogP contribution in [-0.4, -0.2) is 35.4 Å². The number of fused-ring (bicyclic) bond motifs is 1. The number of nitrogens with zero attached hydrogens (tertiary/aromatic N) is 2. The lowest BCUT2D eigenvalue weighted by Crippen LogP contribution is -2.44. The Balaban J connectivity index is 1.99. The summed E-state index contributed by atoms with van der Waals surface area (Å²) < 4.78 is 4.91. The van der Waals surface area contributed by atoms with Gasteiger partial charge >= 0.3 is 5.97 Å². The van der Waals surface area contributed by atoms with Gasteiger partial charge in [-0.3, -0.25) is 14.9 Å². The van der Waals surface area contributed by atoms with E-state index in [1.54, 1.807) is 6.92 Å². The summed E-state index contributed by atoms with van der Waals surface area (Å²) in [7, 11) is 1.29. The monoisotopic (exact) mass is 354 g/mol. The Bertz CT molecular complexity index is 893. The van der Waals surface area contributed by atoms with Crippen molar-refractivity contribution in [2.24, 2.45) is 0 Å². The lowest BCUT2D eigenvalue weighted by molar-refractivity contribution is -0.385. The van der Waals surface area contributed by atoms with Crippen LogP contribution in [0.3, 0.4) is 0 Å². The molecular formula is C19H18N2O5. The zero-order valence-electron chi connectivity index (χ0n) is 14.5. The van der Waals surface area contributed by atoms with Gasteiger partial charge in [-0.1, -0.05) is 24.3 Å². The summed E-state index contributed by atoms with van der Waals surface area (Å²) in [6.45, 7) is 1.95. The molecule has 1 aliphatic heterocycles. The third-order valence-corrected chi connectivity index (χ3v) is 4.61. The summed E-state index contributed by atoms with van der Waals surface area (Å²) in [5.74, 6) is -0.864. The van der Waals surface area contributed by atoms with E-state index in [0.29, 0.717) is 24.1 Å². The standard InChI is InChI=1S/C19H18N2O5/c1-12-11-14(7-8-16(12)21(24)25)18(22)20-10-9-13-5-3-4-6-15(13)17(20)19(23)26-2/h3-8,11,17H,9-10H2,1-2H3/t17-/m0/s1. The Morgan fingerprint density at radius 1 is 1.23 bits per heavy atom. The molecule has 0 unspecified atom stereocenters. The molecule has 2 aromatic rings. The summed E-state index contributed by atoms with van der Waals surface area (Å²) in [5, 5.41) is 11.0. The normalized spacial score (nSPS) is 15.9. The average Bonchev–Trinajstić information content (AvgIpc) is 2.65. The smallest absolute Gasteiger partial charge is 0.333 e. The minimum atomic E-state index is -0.826. The summed E-state index contributed by atoms with van der Waals surface area (Å²) >= 11 is 0. The molecule has 0 N–H and O–H groups in total. The van der Waals surface area contributed by atoms with Crippen LogP contribution in [0.15, 0.2) is 42.5 Å². The first-order chi connectivity index (χ1) is 12.4. The molecule has 3 rings (SSSR count). The van der Waals surface area contributed by atoms with Gasteiger partial charge in [-0.2, -0.15) is 0 Å². The number of hydrogen-bond acceptors (Lipinski definition) is 5. The van der Waals surface area contributed by atoms with E-state index in [0.717, 1.165) is 11.1 Å². The minimum Gasteiger partial charge on any atom is -0.467 e. The first kappa shape index (κ1) is 17.6. The highest BCUT2D eigenvalue weighted by Gasteiger charge is 2.37. The fraction of sp³-hybridized carbons (Fsp3) is 0.263. The first-order valence-corrected chi connectivity index (χ1v) is 8.15. The van der Waals surface area contributed by atoms with E-state index < -0.39 is 16.9 Å². The van der Waals surface area contributed by atoms with Crippen LogP contribution in [0.5, 0.6) is 0 Å². The Kier molecular flexibility index (Phi) is 4.71. The van der Waals surface area contributed by atoms with Gasteiger partial charge in [0.15, 0.2) is 6.04 Å². The quantitative estimate of drug-likeness (QED) is 0.480. The van der Waals surface area contributed by atoms with Crippen LogP contribution in [0.2, 0.25) is 0 Å². The lowest BCUT2D eigenvalue weighted by Gasteiger charge is -2.35. The van der Waals surface area contributed by atoms with Crippen molar-refractivity contribution in [3.05, 3.63) is 74.8 Å². The van der Waals surface area contributed by atoms with Gasteiger partial charge in [0, 0.05) is 23.7 Å². The maximum atomic E-state index is 13.0. The second-order valence-corrected chi connectivity index (χ2v) is 6.13. The molecule has 0 aromatic heterocycles. The van der Waals surface area contributed by atoms with E-state index in [9.17, 15) is 19.7 Å². The van der Waals surface area contributed by atoms with Crippen LogP contribution in [0.4, 0.5) is 5.69 Å². The maximum Gasteiger partial charge on any atom is 0.333 e. The molecule has 7 nitrogen and oxygen atoms in total. The molecule has 26 heavy (non-hydrogen) atoms. The van der Waals surface area contributed by atoms with Crippen molar-refractivity contribution in [3.63, 3.8) is 0 Å². The number of methoxy groups -OCH3 is 1. The lowest BCUT2D eigenvalue weighted by atomic mass is 9.92. The molecule has 1 heterocycles. The number of esters is 1. The van der Waals surface area contributed by atoms with Gasteiger partial charge in [-0.25, -0.2) is 4.79 Å². The number of ether oxygens (including phenoxy) is 1. The maximum absolute atomic E-state index is 13.0. The molecule has 1 aliphatic rings. The average molecular weight is 354 g/mol. The van der Waals surface area contributed by atoms with Gasteiger partial charge in [0.2, 0.25) is 0 Å². The number of carbonyl (C=O) groups excluding carboxylic acids is 2. The van der Waals surface area contributed by atoms with E-state index in [-0.39, 0.29) is 11.6 Å². The number of amides is 1. The van der Waals surface area contributed by atoms with Crippen molar-refractivity contribution in [2.45, 2.75) is 19.4 Å². The number of nitro groups is 1. The van der Waals surface area contributed by atoms with Crippen LogP contribution in [0.25, 0.3) is 0 Å². The van der Waals surface area contributed by atoms with E-state index >= 15 is 0 Å². The summed E-state index contributed by atoms with van der Waals surface area (Å²) in [6, 6.07) is 10.8. The predicted octanol–water partition coefficient (Wildman–Crippen LogP) is 2.82. The van der Waals surface area contributed by atoms with Crippen molar-refractivity contribution < 1.29 is 19.2 Å². The van der Waals surface area contributed by atoms with Crippen LogP contribution >= 0.6 is 0 Å². The number of aryl methyl sites for hydroxylation is 1. The van der Waals surface area contributed by atoms with Crippen molar-refractivity contribution >= 4 is 17.6 Å². The molecular weight excluding hydrogens is 336 g/mol. The molecule has 0 saturated carbocycles. The number of carbonyl (C=O) groups is 2.